The lowest BCUT2D eigenvalue weighted by Crippen LogP contribution is -2.51. The molecule has 1 saturated carbocycles. The molecule has 0 heterocycles. The molecule has 0 aliphatic heterocycles. The van der Waals surface area contributed by atoms with Gasteiger partial charge in [0.05, 0.1) is 12.5 Å². The molecule has 6 heteroatoms. The Morgan fingerprint density at radius 1 is 1.47 bits per heavy atom. The van der Waals surface area contributed by atoms with E-state index in [1.165, 1.54) is 0 Å². The molecule has 1 aliphatic rings. The molecule has 1 aliphatic carbocycles. The number of rotatable bonds is 7. The number of amides is 2. The van der Waals surface area contributed by atoms with E-state index in [2.05, 4.69) is 5.32 Å². The van der Waals surface area contributed by atoms with E-state index in [1.807, 2.05) is 19.9 Å². The zero-order valence-corrected chi connectivity index (χ0v) is 11.5. The molecule has 1 rings (SSSR count). The summed E-state index contributed by atoms with van der Waals surface area (Å²) < 4.78 is 0. The summed E-state index contributed by atoms with van der Waals surface area (Å²) >= 11 is 0. The van der Waals surface area contributed by atoms with Crippen molar-refractivity contribution in [1.29, 1.82) is 5.26 Å². The van der Waals surface area contributed by atoms with Gasteiger partial charge in [0, 0.05) is 24.5 Å². The van der Waals surface area contributed by atoms with Gasteiger partial charge in [-0.2, -0.15) is 5.26 Å². The molecule has 0 atom stereocenters. The number of hydrogen-bond donors (Lipinski definition) is 2. The van der Waals surface area contributed by atoms with Gasteiger partial charge in [-0.25, -0.2) is 4.79 Å². The first-order valence-corrected chi connectivity index (χ1v) is 6.53. The van der Waals surface area contributed by atoms with Crippen LogP contribution in [0.5, 0.6) is 0 Å². The Morgan fingerprint density at radius 3 is 2.58 bits per heavy atom. The molecule has 19 heavy (non-hydrogen) atoms. The number of aliphatic carboxylic acids is 1. The summed E-state index contributed by atoms with van der Waals surface area (Å²) in [7, 11) is 0. The second-order valence-corrected chi connectivity index (χ2v) is 5.54. The number of carboxylic acid groups (broad SMARTS) is 1. The summed E-state index contributed by atoms with van der Waals surface area (Å²) in [4.78, 5) is 24.4. The number of urea groups is 1. The summed E-state index contributed by atoms with van der Waals surface area (Å²) in [5.41, 5.74) is -0.560. The maximum absolute atomic E-state index is 12.1. The standard InChI is InChI=1S/C13H21N3O3/c1-13(2,7-6-11(17)18)15-12(19)16(9-3-8-14)10-4-5-10/h10H,3-7,9H2,1-2H3,(H,15,19)(H,17,18). The fraction of sp³-hybridized carbons (Fsp3) is 0.769. The Labute approximate surface area is 113 Å². The number of carboxylic acids is 1. The molecule has 0 aromatic carbocycles. The minimum absolute atomic E-state index is 0.0227. The summed E-state index contributed by atoms with van der Waals surface area (Å²) in [5.74, 6) is -0.870. The van der Waals surface area contributed by atoms with Crippen LogP contribution in [-0.4, -0.2) is 40.1 Å². The fourth-order valence-corrected chi connectivity index (χ4v) is 1.85. The molecule has 2 N–H and O–H groups in total. The second-order valence-electron chi connectivity index (χ2n) is 5.54. The predicted molar refractivity (Wildman–Crippen MR) is 69.4 cm³/mol. The van der Waals surface area contributed by atoms with Gasteiger partial charge >= 0.3 is 12.0 Å². The first kappa shape index (κ1) is 15.3. The Balaban J connectivity index is 2.50. The molecule has 1 fully saturated rings. The number of nitriles is 1. The van der Waals surface area contributed by atoms with Crippen LogP contribution in [0.1, 0.15) is 46.0 Å². The number of carbonyl (C=O) groups is 2. The molecular formula is C13H21N3O3. The highest BCUT2D eigenvalue weighted by atomic mass is 16.4. The molecule has 2 amide bonds. The van der Waals surface area contributed by atoms with Crippen molar-refractivity contribution in [2.45, 2.75) is 57.5 Å². The molecular weight excluding hydrogens is 246 g/mol. The van der Waals surface area contributed by atoms with Gasteiger partial charge in [0.2, 0.25) is 0 Å². The van der Waals surface area contributed by atoms with E-state index in [4.69, 9.17) is 10.4 Å². The van der Waals surface area contributed by atoms with Crippen molar-refractivity contribution in [2.24, 2.45) is 0 Å². The molecule has 0 aromatic rings. The van der Waals surface area contributed by atoms with Crippen LogP contribution in [0.4, 0.5) is 4.79 Å². The molecule has 0 radical (unpaired) electrons. The first-order valence-electron chi connectivity index (χ1n) is 6.53. The average molecular weight is 267 g/mol. The minimum Gasteiger partial charge on any atom is -0.481 e. The number of carbonyl (C=O) groups excluding carboxylic acids is 1. The Morgan fingerprint density at radius 2 is 2.11 bits per heavy atom. The highest BCUT2D eigenvalue weighted by Gasteiger charge is 2.34. The van der Waals surface area contributed by atoms with Gasteiger partial charge in [0.25, 0.3) is 0 Å². The van der Waals surface area contributed by atoms with Crippen molar-refractivity contribution in [3.05, 3.63) is 0 Å². The van der Waals surface area contributed by atoms with Gasteiger partial charge in [0.1, 0.15) is 0 Å². The summed E-state index contributed by atoms with van der Waals surface area (Å²) in [6.07, 6.45) is 2.68. The van der Waals surface area contributed by atoms with Crippen LogP contribution in [0.15, 0.2) is 0 Å². The van der Waals surface area contributed by atoms with Gasteiger partial charge in [-0.15, -0.1) is 0 Å². The van der Waals surface area contributed by atoms with Crippen LogP contribution in [0.2, 0.25) is 0 Å². The van der Waals surface area contributed by atoms with Gasteiger partial charge in [0.15, 0.2) is 0 Å². The maximum Gasteiger partial charge on any atom is 0.318 e. The molecule has 106 valence electrons. The maximum atomic E-state index is 12.1. The molecule has 0 spiro atoms. The van der Waals surface area contributed by atoms with Crippen LogP contribution < -0.4 is 5.32 Å². The van der Waals surface area contributed by atoms with Crippen molar-refractivity contribution in [1.82, 2.24) is 10.2 Å². The van der Waals surface area contributed by atoms with E-state index in [0.29, 0.717) is 19.4 Å². The topological polar surface area (TPSA) is 93.4 Å². The van der Waals surface area contributed by atoms with E-state index in [9.17, 15) is 9.59 Å². The lowest BCUT2D eigenvalue weighted by atomic mass is 9.99. The van der Waals surface area contributed by atoms with E-state index in [1.54, 1.807) is 4.90 Å². The third-order valence-corrected chi connectivity index (χ3v) is 3.12. The first-order chi connectivity index (χ1) is 8.85. The fourth-order valence-electron chi connectivity index (χ4n) is 1.85. The molecule has 0 aromatic heterocycles. The highest BCUT2D eigenvalue weighted by molar-refractivity contribution is 5.76. The second kappa shape index (κ2) is 6.41. The van der Waals surface area contributed by atoms with Crippen molar-refractivity contribution in [3.63, 3.8) is 0 Å². The minimum atomic E-state index is -0.870. The van der Waals surface area contributed by atoms with E-state index >= 15 is 0 Å². The number of nitrogens with zero attached hydrogens (tertiary/aromatic N) is 2. The van der Waals surface area contributed by atoms with Gasteiger partial charge in [-0.05, 0) is 33.1 Å². The lowest BCUT2D eigenvalue weighted by Gasteiger charge is -2.30. The third kappa shape index (κ3) is 5.60. The SMILES string of the molecule is CC(C)(CCC(=O)O)NC(=O)N(CCC#N)C1CC1. The third-order valence-electron chi connectivity index (χ3n) is 3.12. The summed E-state index contributed by atoms with van der Waals surface area (Å²) in [5, 5.41) is 20.1. The number of hydrogen-bond acceptors (Lipinski definition) is 3. The van der Waals surface area contributed by atoms with Crippen molar-refractivity contribution in [2.75, 3.05) is 6.54 Å². The van der Waals surface area contributed by atoms with Crippen LogP contribution >= 0.6 is 0 Å². The van der Waals surface area contributed by atoms with Crippen LogP contribution in [-0.2, 0) is 4.79 Å². The summed E-state index contributed by atoms with van der Waals surface area (Å²) in [6.45, 7) is 4.05. The largest absolute Gasteiger partial charge is 0.481 e. The van der Waals surface area contributed by atoms with E-state index < -0.39 is 11.5 Å². The molecule has 0 unspecified atom stereocenters. The van der Waals surface area contributed by atoms with Crippen molar-refractivity contribution >= 4 is 12.0 Å². The van der Waals surface area contributed by atoms with E-state index in [-0.39, 0.29) is 18.5 Å². The lowest BCUT2D eigenvalue weighted by molar-refractivity contribution is -0.137. The van der Waals surface area contributed by atoms with Gasteiger partial charge in [-0.3, -0.25) is 4.79 Å². The predicted octanol–water partition coefficient (Wildman–Crippen LogP) is 1.72. The highest BCUT2D eigenvalue weighted by Crippen LogP contribution is 2.27. The smallest absolute Gasteiger partial charge is 0.318 e. The monoisotopic (exact) mass is 267 g/mol. The summed E-state index contributed by atoms with van der Waals surface area (Å²) in [6, 6.07) is 2.08. The Hall–Kier alpha value is -1.77. The molecule has 0 bridgehead atoms. The van der Waals surface area contributed by atoms with Crippen LogP contribution in [0, 0.1) is 11.3 Å². The van der Waals surface area contributed by atoms with Crippen LogP contribution in [0.25, 0.3) is 0 Å². The average Bonchev–Trinajstić information content (AvgIpc) is 3.11. The Kier molecular flexibility index (Phi) is 5.16. The Bertz CT molecular complexity index is 383. The normalized spacial score (nSPS) is 14.6. The quantitative estimate of drug-likeness (QED) is 0.734. The molecule has 6 nitrogen and oxygen atoms in total. The number of nitrogens with one attached hydrogen (secondary N) is 1. The zero-order valence-electron chi connectivity index (χ0n) is 11.5. The zero-order chi connectivity index (χ0) is 14.5. The van der Waals surface area contributed by atoms with Gasteiger partial charge in [-0.1, -0.05) is 0 Å². The van der Waals surface area contributed by atoms with Crippen molar-refractivity contribution in [3.8, 4) is 6.07 Å². The van der Waals surface area contributed by atoms with E-state index in [0.717, 1.165) is 12.8 Å². The molecule has 0 saturated heterocycles. The van der Waals surface area contributed by atoms with Crippen molar-refractivity contribution < 1.29 is 14.7 Å². The van der Waals surface area contributed by atoms with Gasteiger partial charge < -0.3 is 15.3 Å². The van der Waals surface area contributed by atoms with Crippen LogP contribution in [0.3, 0.4) is 0 Å².